The number of carbonyl (C=O) groups excluding carboxylic acids is 2. The Labute approximate surface area is 156 Å². The van der Waals surface area contributed by atoms with E-state index in [4.69, 9.17) is 0 Å². The van der Waals surface area contributed by atoms with Crippen LogP contribution in [0, 0.1) is 0 Å². The van der Waals surface area contributed by atoms with Gasteiger partial charge >= 0.3 is 0 Å². The molecule has 0 saturated carbocycles. The summed E-state index contributed by atoms with van der Waals surface area (Å²) >= 11 is 1.42. The molecule has 2 N–H and O–H groups in total. The van der Waals surface area contributed by atoms with Crippen LogP contribution in [-0.4, -0.2) is 16.8 Å². The SMILES string of the molecule is CCc1ccc(C(=O)NNC(=O)c2csc(Cc3ccccc3)n2)cc1. The molecule has 0 radical (unpaired) electrons. The van der Waals surface area contributed by atoms with Crippen molar-refractivity contribution in [2.75, 3.05) is 0 Å². The molecule has 0 unspecified atom stereocenters. The summed E-state index contributed by atoms with van der Waals surface area (Å²) in [5.41, 5.74) is 7.90. The van der Waals surface area contributed by atoms with E-state index in [2.05, 4.69) is 22.8 Å². The van der Waals surface area contributed by atoms with E-state index < -0.39 is 5.91 Å². The highest BCUT2D eigenvalue weighted by atomic mass is 32.1. The molecule has 0 bridgehead atoms. The lowest BCUT2D eigenvalue weighted by Gasteiger charge is -2.06. The molecule has 0 spiro atoms. The van der Waals surface area contributed by atoms with Crippen LogP contribution < -0.4 is 10.9 Å². The molecule has 132 valence electrons. The summed E-state index contributed by atoms with van der Waals surface area (Å²) in [4.78, 5) is 28.6. The van der Waals surface area contributed by atoms with Crippen LogP contribution in [0.2, 0.25) is 0 Å². The largest absolute Gasteiger partial charge is 0.289 e. The Hall–Kier alpha value is -2.99. The molecular weight excluding hydrogens is 346 g/mol. The lowest BCUT2D eigenvalue weighted by molar-refractivity contribution is 0.0844. The topological polar surface area (TPSA) is 71.1 Å². The van der Waals surface area contributed by atoms with E-state index in [1.165, 1.54) is 11.3 Å². The first-order valence-electron chi connectivity index (χ1n) is 8.33. The van der Waals surface area contributed by atoms with Crippen LogP contribution >= 0.6 is 11.3 Å². The van der Waals surface area contributed by atoms with Gasteiger partial charge in [0.25, 0.3) is 11.8 Å². The normalized spacial score (nSPS) is 10.3. The Morgan fingerprint density at radius 3 is 2.31 bits per heavy atom. The second-order valence-corrected chi connectivity index (χ2v) is 6.69. The Balaban J connectivity index is 1.55. The Morgan fingerprint density at radius 2 is 1.62 bits per heavy atom. The highest BCUT2D eigenvalue weighted by Crippen LogP contribution is 2.14. The summed E-state index contributed by atoms with van der Waals surface area (Å²) < 4.78 is 0. The van der Waals surface area contributed by atoms with E-state index in [1.54, 1.807) is 17.5 Å². The standard InChI is InChI=1S/C20H19N3O2S/c1-2-14-8-10-16(11-9-14)19(24)22-23-20(25)17-13-26-18(21-17)12-15-6-4-3-5-7-15/h3-11,13H,2,12H2,1H3,(H,22,24)(H,23,25). The smallest absolute Gasteiger partial charge is 0.267 e. The third kappa shape index (κ3) is 4.55. The first-order chi connectivity index (χ1) is 12.7. The number of hydrazine groups is 1. The summed E-state index contributed by atoms with van der Waals surface area (Å²) in [6.07, 6.45) is 1.59. The number of benzene rings is 2. The van der Waals surface area contributed by atoms with Crippen LogP contribution in [0.1, 0.15) is 43.9 Å². The molecule has 0 atom stereocenters. The molecule has 26 heavy (non-hydrogen) atoms. The number of hydrogen-bond acceptors (Lipinski definition) is 4. The molecule has 2 amide bonds. The van der Waals surface area contributed by atoms with Crippen molar-refractivity contribution >= 4 is 23.2 Å². The van der Waals surface area contributed by atoms with Crippen molar-refractivity contribution in [3.63, 3.8) is 0 Å². The Bertz CT molecular complexity index is 889. The molecule has 6 heteroatoms. The zero-order valence-electron chi connectivity index (χ0n) is 14.4. The van der Waals surface area contributed by atoms with E-state index in [0.29, 0.717) is 17.7 Å². The molecule has 3 aromatic rings. The number of aryl methyl sites for hydroxylation is 1. The number of hydrogen-bond donors (Lipinski definition) is 2. The van der Waals surface area contributed by atoms with Gasteiger partial charge in [0, 0.05) is 17.4 Å². The number of nitrogens with zero attached hydrogens (tertiary/aromatic N) is 1. The van der Waals surface area contributed by atoms with Gasteiger partial charge in [-0.25, -0.2) is 4.98 Å². The molecule has 5 nitrogen and oxygen atoms in total. The molecule has 3 rings (SSSR count). The van der Waals surface area contributed by atoms with Crippen LogP contribution in [-0.2, 0) is 12.8 Å². The molecule has 0 fully saturated rings. The van der Waals surface area contributed by atoms with E-state index in [9.17, 15) is 9.59 Å². The summed E-state index contributed by atoms with van der Waals surface area (Å²) in [6.45, 7) is 2.05. The average Bonchev–Trinajstić information content (AvgIpc) is 3.15. The van der Waals surface area contributed by atoms with Gasteiger partial charge in [-0.15, -0.1) is 11.3 Å². The van der Waals surface area contributed by atoms with Gasteiger partial charge in [0.15, 0.2) is 0 Å². The summed E-state index contributed by atoms with van der Waals surface area (Å²) in [7, 11) is 0. The lowest BCUT2D eigenvalue weighted by atomic mass is 10.1. The fourth-order valence-corrected chi connectivity index (χ4v) is 3.22. The summed E-state index contributed by atoms with van der Waals surface area (Å²) in [6, 6.07) is 17.2. The number of amides is 2. The number of aromatic nitrogens is 1. The quantitative estimate of drug-likeness (QED) is 0.681. The highest BCUT2D eigenvalue weighted by Gasteiger charge is 2.13. The van der Waals surface area contributed by atoms with Gasteiger partial charge in [0.2, 0.25) is 0 Å². The van der Waals surface area contributed by atoms with Gasteiger partial charge in [-0.05, 0) is 29.7 Å². The molecular formula is C20H19N3O2S. The number of rotatable bonds is 5. The van der Waals surface area contributed by atoms with Gasteiger partial charge in [-0.2, -0.15) is 0 Å². The van der Waals surface area contributed by atoms with E-state index in [0.717, 1.165) is 22.6 Å². The molecule has 0 aliphatic rings. The maximum Gasteiger partial charge on any atom is 0.289 e. The van der Waals surface area contributed by atoms with Crippen molar-refractivity contribution < 1.29 is 9.59 Å². The van der Waals surface area contributed by atoms with E-state index in [-0.39, 0.29) is 5.91 Å². The van der Waals surface area contributed by atoms with Gasteiger partial charge in [-0.3, -0.25) is 20.4 Å². The number of thiazole rings is 1. The second kappa shape index (κ2) is 8.40. The van der Waals surface area contributed by atoms with Crippen molar-refractivity contribution in [1.29, 1.82) is 0 Å². The fourth-order valence-electron chi connectivity index (χ4n) is 2.41. The third-order valence-corrected chi connectivity index (χ3v) is 4.75. The third-order valence-electron chi connectivity index (χ3n) is 3.90. The predicted molar refractivity (Wildman–Crippen MR) is 102 cm³/mol. The summed E-state index contributed by atoms with van der Waals surface area (Å²) in [5.74, 6) is -0.792. The predicted octanol–water partition coefficient (Wildman–Crippen LogP) is 3.37. The number of carbonyl (C=O) groups is 2. The minimum atomic E-state index is -0.431. The van der Waals surface area contributed by atoms with Crippen LogP contribution in [0.3, 0.4) is 0 Å². The van der Waals surface area contributed by atoms with Crippen molar-refractivity contribution in [3.8, 4) is 0 Å². The first kappa shape index (κ1) is 17.8. The fraction of sp³-hybridized carbons (Fsp3) is 0.150. The minimum Gasteiger partial charge on any atom is -0.267 e. The number of nitrogens with one attached hydrogen (secondary N) is 2. The van der Waals surface area contributed by atoms with E-state index in [1.807, 2.05) is 42.5 Å². The zero-order valence-corrected chi connectivity index (χ0v) is 15.2. The average molecular weight is 365 g/mol. The minimum absolute atomic E-state index is 0.294. The van der Waals surface area contributed by atoms with Crippen molar-refractivity contribution in [1.82, 2.24) is 15.8 Å². The monoisotopic (exact) mass is 365 g/mol. The van der Waals surface area contributed by atoms with Crippen LogP contribution in [0.4, 0.5) is 0 Å². The van der Waals surface area contributed by atoms with E-state index >= 15 is 0 Å². The lowest BCUT2D eigenvalue weighted by Crippen LogP contribution is -2.41. The van der Waals surface area contributed by atoms with Gasteiger partial charge < -0.3 is 0 Å². The Kier molecular flexibility index (Phi) is 5.76. The van der Waals surface area contributed by atoms with Crippen molar-refractivity contribution in [2.24, 2.45) is 0 Å². The molecule has 2 aromatic carbocycles. The zero-order chi connectivity index (χ0) is 18.4. The highest BCUT2D eigenvalue weighted by molar-refractivity contribution is 7.09. The van der Waals surface area contributed by atoms with Crippen molar-refractivity contribution in [3.05, 3.63) is 87.4 Å². The first-order valence-corrected chi connectivity index (χ1v) is 9.21. The van der Waals surface area contributed by atoms with Crippen molar-refractivity contribution in [2.45, 2.75) is 19.8 Å². The maximum absolute atomic E-state index is 12.2. The van der Waals surface area contributed by atoms with Crippen LogP contribution in [0.25, 0.3) is 0 Å². The van der Waals surface area contributed by atoms with Gasteiger partial charge in [-0.1, -0.05) is 49.4 Å². The molecule has 0 aliphatic heterocycles. The van der Waals surface area contributed by atoms with Crippen LogP contribution in [0.15, 0.2) is 60.0 Å². The Morgan fingerprint density at radius 1 is 0.923 bits per heavy atom. The molecule has 1 aromatic heterocycles. The van der Waals surface area contributed by atoms with Crippen LogP contribution in [0.5, 0.6) is 0 Å². The molecule has 0 aliphatic carbocycles. The summed E-state index contributed by atoms with van der Waals surface area (Å²) in [5, 5.41) is 2.54. The van der Waals surface area contributed by atoms with Gasteiger partial charge in [0.1, 0.15) is 5.69 Å². The molecule has 1 heterocycles. The van der Waals surface area contributed by atoms with Gasteiger partial charge in [0.05, 0.1) is 5.01 Å². The second-order valence-electron chi connectivity index (χ2n) is 5.75. The maximum atomic E-state index is 12.2. The molecule has 0 saturated heterocycles.